The van der Waals surface area contributed by atoms with Gasteiger partial charge in [0.15, 0.2) is 0 Å². The average molecular weight is 524 g/mol. The lowest BCUT2D eigenvalue weighted by molar-refractivity contribution is -0.130. The topological polar surface area (TPSA) is 117 Å². The van der Waals surface area contributed by atoms with Crippen LogP contribution in [0.15, 0.2) is 67.4 Å². The van der Waals surface area contributed by atoms with Gasteiger partial charge in [-0.1, -0.05) is 18.2 Å². The number of likely N-dealkylation sites (N-methyl/N-ethyl adjacent to an activating group) is 1. The summed E-state index contributed by atoms with van der Waals surface area (Å²) in [5, 5.41) is 21.4. The van der Waals surface area contributed by atoms with E-state index in [2.05, 4.69) is 26.6 Å². The summed E-state index contributed by atoms with van der Waals surface area (Å²) in [5.74, 6) is 0.120. The second-order valence-corrected chi connectivity index (χ2v) is 8.94. The Balaban J connectivity index is 1.30. The largest absolute Gasteiger partial charge is 0.368 e. The number of amides is 1. The maximum Gasteiger partial charge on any atom is 0.227 e. The molecule has 0 unspecified atom stereocenters. The summed E-state index contributed by atoms with van der Waals surface area (Å²) in [6.07, 6.45) is 8.58. The van der Waals surface area contributed by atoms with Crippen molar-refractivity contribution in [2.75, 3.05) is 25.0 Å². The Bertz CT molecular complexity index is 1670. The molecule has 0 fully saturated rings. The van der Waals surface area contributed by atoms with Gasteiger partial charge in [0.2, 0.25) is 5.91 Å². The molecule has 0 atom stereocenters. The van der Waals surface area contributed by atoms with E-state index in [4.69, 9.17) is 4.98 Å². The predicted octanol–water partition coefficient (Wildman–Crippen LogP) is 3.71. The SMILES string of the molecule is CCN(CCNc1ccc(-c2nc(-c3cnn(C)c3)cn3ncc(C#N)c23)cn1)C(=O)Cc1ccccc1F. The van der Waals surface area contributed by atoms with Crippen LogP contribution < -0.4 is 5.32 Å². The minimum atomic E-state index is -0.375. The molecule has 0 aliphatic carbocycles. The third kappa shape index (κ3) is 5.45. The highest BCUT2D eigenvalue weighted by Gasteiger charge is 2.17. The number of aryl methyl sites for hydroxylation is 1. The fourth-order valence-corrected chi connectivity index (χ4v) is 4.32. The van der Waals surface area contributed by atoms with Crippen LogP contribution in [0, 0.1) is 17.1 Å². The molecule has 1 amide bonds. The smallest absolute Gasteiger partial charge is 0.227 e. The van der Waals surface area contributed by atoms with Gasteiger partial charge in [-0.05, 0) is 30.7 Å². The van der Waals surface area contributed by atoms with Crippen LogP contribution in [0.25, 0.3) is 28.0 Å². The second-order valence-electron chi connectivity index (χ2n) is 8.94. The lowest BCUT2D eigenvalue weighted by Crippen LogP contribution is -2.36. The van der Waals surface area contributed by atoms with Gasteiger partial charge in [-0.2, -0.15) is 15.5 Å². The van der Waals surface area contributed by atoms with E-state index in [1.54, 1.807) is 50.9 Å². The first-order chi connectivity index (χ1) is 19.0. The average Bonchev–Trinajstić information content (AvgIpc) is 3.58. The van der Waals surface area contributed by atoms with Crippen LogP contribution >= 0.6 is 0 Å². The van der Waals surface area contributed by atoms with Crippen molar-refractivity contribution < 1.29 is 9.18 Å². The summed E-state index contributed by atoms with van der Waals surface area (Å²) in [6.45, 7) is 3.34. The molecule has 196 valence electrons. The number of hydrogen-bond donors (Lipinski definition) is 1. The van der Waals surface area contributed by atoms with Crippen molar-refractivity contribution >= 4 is 17.2 Å². The fraction of sp³-hybridized carbons (Fsp3) is 0.214. The number of benzene rings is 1. The number of nitrogens with one attached hydrogen (secondary N) is 1. The summed E-state index contributed by atoms with van der Waals surface area (Å²) in [6, 6.07) is 12.2. The number of rotatable bonds is 9. The van der Waals surface area contributed by atoms with Gasteiger partial charge in [0.1, 0.15) is 28.8 Å². The van der Waals surface area contributed by atoms with Crippen molar-refractivity contribution in [1.29, 1.82) is 5.26 Å². The highest BCUT2D eigenvalue weighted by molar-refractivity contribution is 5.83. The van der Waals surface area contributed by atoms with Gasteiger partial charge in [0.05, 0.1) is 36.4 Å². The van der Waals surface area contributed by atoms with Crippen LogP contribution in [0.1, 0.15) is 18.1 Å². The van der Waals surface area contributed by atoms with Gasteiger partial charge in [0.25, 0.3) is 0 Å². The minimum absolute atomic E-state index is 0.0202. The number of aromatic nitrogens is 6. The molecule has 5 aromatic rings. The molecule has 39 heavy (non-hydrogen) atoms. The second kappa shape index (κ2) is 11.1. The molecular formula is C28H26FN9O. The van der Waals surface area contributed by atoms with Crippen molar-refractivity contribution in [2.24, 2.45) is 7.05 Å². The van der Waals surface area contributed by atoms with E-state index >= 15 is 0 Å². The summed E-state index contributed by atoms with van der Waals surface area (Å²) in [7, 11) is 1.83. The molecule has 1 aromatic carbocycles. The Morgan fingerprint density at radius 3 is 2.64 bits per heavy atom. The Hall–Kier alpha value is -5.11. The number of carbonyl (C=O) groups excluding carboxylic acids is 1. The number of pyridine rings is 1. The Kier molecular flexibility index (Phi) is 7.27. The zero-order chi connectivity index (χ0) is 27.4. The highest BCUT2D eigenvalue weighted by atomic mass is 19.1. The first-order valence-electron chi connectivity index (χ1n) is 12.5. The minimum Gasteiger partial charge on any atom is -0.368 e. The number of anilines is 1. The summed E-state index contributed by atoms with van der Waals surface area (Å²) in [4.78, 5) is 23.7. The van der Waals surface area contributed by atoms with Crippen molar-refractivity contribution in [2.45, 2.75) is 13.3 Å². The molecule has 0 bridgehead atoms. The zero-order valence-electron chi connectivity index (χ0n) is 21.5. The van der Waals surface area contributed by atoms with Gasteiger partial charge >= 0.3 is 0 Å². The monoisotopic (exact) mass is 523 g/mol. The molecule has 0 aliphatic heterocycles. The van der Waals surface area contributed by atoms with Crippen LogP contribution in [0.3, 0.4) is 0 Å². The van der Waals surface area contributed by atoms with E-state index < -0.39 is 0 Å². The van der Waals surface area contributed by atoms with Gasteiger partial charge < -0.3 is 10.2 Å². The maximum absolute atomic E-state index is 13.9. The number of carbonyl (C=O) groups is 1. The van der Waals surface area contributed by atoms with E-state index in [9.17, 15) is 14.4 Å². The lowest BCUT2D eigenvalue weighted by atomic mass is 10.1. The van der Waals surface area contributed by atoms with Gasteiger partial charge in [-0.3, -0.25) is 9.48 Å². The molecule has 0 saturated carbocycles. The van der Waals surface area contributed by atoms with Gasteiger partial charge in [0, 0.05) is 50.2 Å². The third-order valence-corrected chi connectivity index (χ3v) is 6.38. The molecule has 0 radical (unpaired) electrons. The number of fused-ring (bicyclic) bond motifs is 1. The van der Waals surface area contributed by atoms with Crippen molar-refractivity contribution in [1.82, 2.24) is 34.3 Å². The molecule has 0 spiro atoms. The molecule has 10 nitrogen and oxygen atoms in total. The van der Waals surface area contributed by atoms with Crippen molar-refractivity contribution in [3.05, 3.63) is 84.3 Å². The van der Waals surface area contributed by atoms with E-state index in [-0.39, 0.29) is 18.1 Å². The molecule has 4 aromatic heterocycles. The summed E-state index contributed by atoms with van der Waals surface area (Å²) < 4.78 is 17.3. The first-order valence-corrected chi connectivity index (χ1v) is 12.5. The van der Waals surface area contributed by atoms with Crippen molar-refractivity contribution in [3.8, 4) is 28.6 Å². The Labute approximate surface area is 224 Å². The highest BCUT2D eigenvalue weighted by Crippen LogP contribution is 2.28. The van der Waals surface area contributed by atoms with Gasteiger partial charge in [-0.15, -0.1) is 0 Å². The number of hydrogen-bond acceptors (Lipinski definition) is 7. The molecule has 0 saturated heterocycles. The fourth-order valence-electron chi connectivity index (χ4n) is 4.32. The zero-order valence-corrected chi connectivity index (χ0v) is 21.5. The molecule has 5 rings (SSSR count). The van der Waals surface area contributed by atoms with Crippen LogP contribution in [-0.4, -0.2) is 59.8 Å². The molecule has 11 heteroatoms. The van der Waals surface area contributed by atoms with E-state index in [0.29, 0.717) is 53.5 Å². The van der Waals surface area contributed by atoms with E-state index in [1.807, 2.05) is 32.3 Å². The standard InChI is InChI=1S/C28H26FN9O/c1-3-37(26(39)12-19-6-4-5-7-23(19)29)11-10-31-25-9-8-20(14-32-25)27-28-21(13-30)15-34-38(28)18-24(35-27)22-16-33-36(2)17-22/h4-9,14-18H,3,10-12H2,1-2H3,(H,31,32). The molecule has 4 heterocycles. The lowest BCUT2D eigenvalue weighted by Gasteiger charge is -2.21. The first kappa shape index (κ1) is 25.5. The van der Waals surface area contributed by atoms with Crippen LogP contribution in [0.5, 0.6) is 0 Å². The maximum atomic E-state index is 13.9. The van der Waals surface area contributed by atoms with E-state index in [0.717, 1.165) is 11.1 Å². The molecule has 0 aliphatic rings. The molecule has 1 N–H and O–H groups in total. The Morgan fingerprint density at radius 1 is 1.10 bits per heavy atom. The predicted molar refractivity (Wildman–Crippen MR) is 144 cm³/mol. The van der Waals surface area contributed by atoms with Crippen LogP contribution in [0.4, 0.5) is 10.2 Å². The van der Waals surface area contributed by atoms with Crippen LogP contribution in [-0.2, 0) is 18.3 Å². The Morgan fingerprint density at radius 2 is 1.95 bits per heavy atom. The summed E-state index contributed by atoms with van der Waals surface area (Å²) in [5.41, 5.74) is 4.20. The molecular weight excluding hydrogens is 497 g/mol. The normalized spacial score (nSPS) is 10.9. The number of nitriles is 1. The number of nitrogens with zero attached hydrogens (tertiary/aromatic N) is 8. The summed E-state index contributed by atoms with van der Waals surface area (Å²) >= 11 is 0. The number of halogens is 1. The van der Waals surface area contributed by atoms with Crippen molar-refractivity contribution in [3.63, 3.8) is 0 Å². The van der Waals surface area contributed by atoms with Gasteiger partial charge in [-0.25, -0.2) is 18.9 Å². The van der Waals surface area contributed by atoms with E-state index in [1.165, 1.54) is 12.3 Å². The quantitative estimate of drug-likeness (QED) is 0.313. The van der Waals surface area contributed by atoms with Crippen LogP contribution in [0.2, 0.25) is 0 Å². The third-order valence-electron chi connectivity index (χ3n) is 6.38.